The highest BCUT2D eigenvalue weighted by Gasteiger charge is 2.26. The molecule has 1 aliphatic carbocycles. The molecule has 0 unspecified atom stereocenters. The molecule has 0 bridgehead atoms. The van der Waals surface area contributed by atoms with Crippen LogP contribution >= 0.6 is 0 Å². The van der Waals surface area contributed by atoms with Crippen LogP contribution < -0.4 is 14.4 Å². The lowest BCUT2D eigenvalue weighted by molar-refractivity contribution is 0.00695. The van der Waals surface area contributed by atoms with E-state index in [1.807, 2.05) is 57.2 Å². The van der Waals surface area contributed by atoms with Crippen LogP contribution in [0.2, 0.25) is 0 Å². The Balaban J connectivity index is 1.72. The number of rotatable bonds is 8. The molecule has 1 heterocycles. The van der Waals surface area contributed by atoms with Gasteiger partial charge in [-0.2, -0.15) is 0 Å². The molecule has 7 nitrogen and oxygen atoms in total. The van der Waals surface area contributed by atoms with E-state index in [2.05, 4.69) is 14.9 Å². The average molecular weight is 448 g/mol. The van der Waals surface area contributed by atoms with Crippen LogP contribution in [0.5, 0.6) is 11.5 Å². The summed E-state index contributed by atoms with van der Waals surface area (Å²) in [6.45, 7) is 6.08. The normalized spacial score (nSPS) is 13.3. The lowest BCUT2D eigenvalue weighted by Gasteiger charge is -2.27. The number of methoxy groups -OCH3 is 1. The molecule has 7 heteroatoms. The number of aromatic nitrogens is 2. The third-order valence-electron chi connectivity index (χ3n) is 5.02. The fourth-order valence-corrected chi connectivity index (χ4v) is 3.35. The first-order chi connectivity index (χ1) is 15.8. The minimum absolute atomic E-state index is 0.237. The van der Waals surface area contributed by atoms with Crippen LogP contribution in [0.3, 0.4) is 0 Å². The molecule has 0 N–H and O–H groups in total. The van der Waals surface area contributed by atoms with E-state index in [4.69, 9.17) is 14.2 Å². The summed E-state index contributed by atoms with van der Waals surface area (Å²) in [5.41, 5.74) is 2.58. The fraction of sp³-hybridized carbons (Fsp3) is 0.346. The Morgan fingerprint density at radius 3 is 2.42 bits per heavy atom. The van der Waals surface area contributed by atoms with Gasteiger partial charge in [-0.05, 0) is 63.9 Å². The quantitative estimate of drug-likeness (QED) is 0.433. The van der Waals surface area contributed by atoms with Gasteiger partial charge in [0.2, 0.25) is 0 Å². The number of carbonyl (C=O) groups excluding carboxylic acids is 1. The van der Waals surface area contributed by atoms with Gasteiger partial charge in [-0.25, -0.2) is 14.8 Å². The number of anilines is 2. The maximum atomic E-state index is 12.7. The van der Waals surface area contributed by atoms with Crippen LogP contribution in [0.4, 0.5) is 11.4 Å². The Bertz CT molecular complexity index is 1110. The largest absolute Gasteiger partial charge is 0.493 e. The number of nitrogens with zero attached hydrogens (tertiary/aromatic N) is 3. The van der Waals surface area contributed by atoms with Gasteiger partial charge in [0.15, 0.2) is 11.5 Å². The highest BCUT2D eigenvalue weighted by Crippen LogP contribution is 2.39. The topological polar surface area (TPSA) is 73.8 Å². The van der Waals surface area contributed by atoms with Crippen LogP contribution in [0.1, 0.15) is 49.5 Å². The van der Waals surface area contributed by atoms with Crippen LogP contribution in [-0.4, -0.2) is 34.8 Å². The van der Waals surface area contributed by atoms with Crippen LogP contribution in [-0.2, 0) is 11.3 Å². The summed E-state index contributed by atoms with van der Waals surface area (Å²) >= 11 is 0. The molecule has 0 amide bonds. The summed E-state index contributed by atoms with van der Waals surface area (Å²) in [7, 11) is 1.64. The first kappa shape index (κ1) is 22.6. The lowest BCUT2D eigenvalue weighted by atomic mass is 10.1. The Morgan fingerprint density at radius 1 is 1.03 bits per heavy atom. The lowest BCUT2D eigenvalue weighted by Crippen LogP contribution is -2.24. The molecule has 3 aromatic rings. The number of esters is 1. The molecule has 4 rings (SSSR count). The predicted octanol–water partition coefficient (Wildman–Crippen LogP) is 5.32. The van der Waals surface area contributed by atoms with E-state index in [-0.39, 0.29) is 12.1 Å². The van der Waals surface area contributed by atoms with E-state index < -0.39 is 5.60 Å². The summed E-state index contributed by atoms with van der Waals surface area (Å²) in [5.74, 6) is 1.03. The van der Waals surface area contributed by atoms with E-state index in [0.717, 1.165) is 29.8 Å². The molecule has 2 aromatic carbocycles. The number of carbonyl (C=O) groups is 1. The highest BCUT2D eigenvalue weighted by atomic mass is 16.6. The molecule has 0 radical (unpaired) electrons. The van der Waals surface area contributed by atoms with Crippen molar-refractivity contribution >= 4 is 17.3 Å². The number of hydrogen-bond donors (Lipinski definition) is 0. The van der Waals surface area contributed by atoms with Crippen LogP contribution in [0.25, 0.3) is 0 Å². The maximum absolute atomic E-state index is 12.7. The van der Waals surface area contributed by atoms with E-state index in [0.29, 0.717) is 23.6 Å². The summed E-state index contributed by atoms with van der Waals surface area (Å²) in [5, 5.41) is 0. The third kappa shape index (κ3) is 6.00. The smallest absolute Gasteiger partial charge is 0.338 e. The molecule has 172 valence electrons. The second kappa shape index (κ2) is 9.48. The predicted molar refractivity (Wildman–Crippen MR) is 126 cm³/mol. The van der Waals surface area contributed by atoms with E-state index >= 15 is 0 Å². The fourth-order valence-electron chi connectivity index (χ4n) is 3.35. The monoisotopic (exact) mass is 447 g/mol. The molecule has 1 aromatic heterocycles. The van der Waals surface area contributed by atoms with Crippen molar-refractivity contribution in [3.63, 3.8) is 0 Å². The van der Waals surface area contributed by atoms with Gasteiger partial charge in [-0.15, -0.1) is 0 Å². The standard InChI is InChI=1S/C26H29N3O4/c1-26(2,3)33-25(30)19-6-5-7-20(12-19)29(16-18-14-27-17-28-15-18)21-8-11-23(31-4)24(13-21)32-22-9-10-22/h5-8,11-15,17,22H,9-10,16H2,1-4H3. The van der Waals surface area contributed by atoms with Crippen molar-refractivity contribution in [3.8, 4) is 11.5 Å². The van der Waals surface area contributed by atoms with Crippen LogP contribution in [0.15, 0.2) is 61.2 Å². The second-order valence-corrected chi connectivity index (χ2v) is 9.04. The van der Waals surface area contributed by atoms with Gasteiger partial charge in [0.1, 0.15) is 11.9 Å². The molecule has 0 saturated heterocycles. The zero-order valence-corrected chi connectivity index (χ0v) is 19.4. The van der Waals surface area contributed by atoms with Crippen molar-refractivity contribution in [1.29, 1.82) is 0 Å². The highest BCUT2D eigenvalue weighted by molar-refractivity contribution is 5.91. The van der Waals surface area contributed by atoms with Gasteiger partial charge in [0, 0.05) is 35.4 Å². The Kier molecular flexibility index (Phi) is 6.49. The molecule has 0 atom stereocenters. The zero-order chi connectivity index (χ0) is 23.4. The minimum Gasteiger partial charge on any atom is -0.493 e. The SMILES string of the molecule is COc1ccc(N(Cc2cncnc2)c2cccc(C(=O)OC(C)(C)C)c2)cc1OC1CC1. The van der Waals surface area contributed by atoms with Gasteiger partial charge in [0.25, 0.3) is 0 Å². The van der Waals surface area contributed by atoms with Crippen LogP contribution in [0, 0.1) is 0 Å². The average Bonchev–Trinajstić information content (AvgIpc) is 3.61. The van der Waals surface area contributed by atoms with Gasteiger partial charge in [-0.1, -0.05) is 6.07 Å². The number of ether oxygens (including phenoxy) is 3. The molecular formula is C26H29N3O4. The second-order valence-electron chi connectivity index (χ2n) is 9.04. The Morgan fingerprint density at radius 2 is 1.76 bits per heavy atom. The Hall–Kier alpha value is -3.61. The minimum atomic E-state index is -0.570. The summed E-state index contributed by atoms with van der Waals surface area (Å²) in [6, 6.07) is 13.3. The van der Waals surface area contributed by atoms with Crippen molar-refractivity contribution in [2.24, 2.45) is 0 Å². The third-order valence-corrected chi connectivity index (χ3v) is 5.02. The van der Waals surface area contributed by atoms with Gasteiger partial charge < -0.3 is 19.1 Å². The molecule has 1 aliphatic rings. The maximum Gasteiger partial charge on any atom is 0.338 e. The van der Waals surface area contributed by atoms with Gasteiger partial charge >= 0.3 is 5.97 Å². The molecule has 0 aliphatic heterocycles. The van der Waals surface area contributed by atoms with E-state index in [9.17, 15) is 4.79 Å². The molecular weight excluding hydrogens is 418 g/mol. The van der Waals surface area contributed by atoms with Crippen molar-refractivity contribution in [2.45, 2.75) is 51.9 Å². The van der Waals surface area contributed by atoms with Gasteiger partial charge in [-0.3, -0.25) is 0 Å². The van der Waals surface area contributed by atoms with Crippen molar-refractivity contribution in [2.75, 3.05) is 12.0 Å². The molecule has 1 fully saturated rings. The number of benzene rings is 2. The zero-order valence-electron chi connectivity index (χ0n) is 19.4. The summed E-state index contributed by atoms with van der Waals surface area (Å²) < 4.78 is 17.2. The van der Waals surface area contributed by atoms with Gasteiger partial charge in [0.05, 0.1) is 25.3 Å². The summed E-state index contributed by atoms with van der Waals surface area (Å²) in [4.78, 5) is 23.1. The van der Waals surface area contributed by atoms with Crippen molar-refractivity contribution in [1.82, 2.24) is 9.97 Å². The molecule has 0 spiro atoms. The van der Waals surface area contributed by atoms with E-state index in [1.165, 1.54) is 6.33 Å². The van der Waals surface area contributed by atoms with Crippen molar-refractivity contribution in [3.05, 3.63) is 72.3 Å². The first-order valence-electron chi connectivity index (χ1n) is 11.0. The summed E-state index contributed by atoms with van der Waals surface area (Å²) in [6.07, 6.45) is 7.41. The molecule has 1 saturated carbocycles. The first-order valence-corrected chi connectivity index (χ1v) is 11.0. The molecule has 33 heavy (non-hydrogen) atoms. The number of hydrogen-bond acceptors (Lipinski definition) is 7. The van der Waals surface area contributed by atoms with E-state index in [1.54, 1.807) is 25.6 Å². The van der Waals surface area contributed by atoms with Crippen molar-refractivity contribution < 1.29 is 19.0 Å². The Labute approximate surface area is 194 Å².